The van der Waals surface area contributed by atoms with Gasteiger partial charge in [0.25, 0.3) is 0 Å². The molecule has 2 nitrogen and oxygen atoms in total. The van der Waals surface area contributed by atoms with Crippen LogP contribution >= 0.6 is 11.8 Å². The number of nitrogens with zero attached hydrogens (tertiary/aromatic N) is 1. The van der Waals surface area contributed by atoms with Gasteiger partial charge in [-0.15, -0.1) is 11.8 Å². The van der Waals surface area contributed by atoms with Gasteiger partial charge in [-0.1, -0.05) is 6.92 Å². The summed E-state index contributed by atoms with van der Waals surface area (Å²) < 4.78 is 0. The van der Waals surface area contributed by atoms with Gasteiger partial charge in [0.2, 0.25) is 0 Å². The molecule has 0 aromatic rings. The summed E-state index contributed by atoms with van der Waals surface area (Å²) in [5, 5.41) is 10.0. The zero-order chi connectivity index (χ0) is 9.14. The molecule has 70 valence electrons. The van der Waals surface area contributed by atoms with Gasteiger partial charge in [0.05, 0.1) is 11.5 Å². The number of thioether (sulfide) groups is 1. The van der Waals surface area contributed by atoms with Crippen LogP contribution in [0, 0.1) is 0 Å². The lowest BCUT2D eigenvalue weighted by molar-refractivity contribution is 0.184. The summed E-state index contributed by atoms with van der Waals surface area (Å²) in [6.45, 7) is 6.15. The highest BCUT2D eigenvalue weighted by atomic mass is 32.2. The molecule has 0 aromatic heterocycles. The van der Waals surface area contributed by atoms with Crippen molar-refractivity contribution in [2.45, 2.75) is 50.3 Å². The lowest BCUT2D eigenvalue weighted by Crippen LogP contribution is -2.08. The Hall–Kier alpha value is -0.0200. The Bertz CT molecular complexity index is 179. The minimum absolute atomic E-state index is 0.227. The quantitative estimate of drug-likeness (QED) is 0.733. The molecule has 1 rings (SSSR count). The molecule has 1 N–H and O–H groups in total. The zero-order valence-electron chi connectivity index (χ0n) is 7.95. The standard InChI is InChI=1S/C9H17NOS/c1-4-8-7(3)12-9(10-8)5-6(2)11/h6-7,9,11H,4-5H2,1-3H3. The topological polar surface area (TPSA) is 32.6 Å². The molecule has 0 saturated heterocycles. The molecular weight excluding hydrogens is 170 g/mol. The molecule has 3 atom stereocenters. The SMILES string of the molecule is CCC1=NC(CC(C)O)SC1C. The second-order valence-electron chi connectivity index (χ2n) is 3.29. The second-order valence-corrected chi connectivity index (χ2v) is 4.82. The average Bonchev–Trinajstić information content (AvgIpc) is 2.29. The molecule has 0 amide bonds. The maximum atomic E-state index is 9.18. The van der Waals surface area contributed by atoms with Crippen molar-refractivity contribution in [1.82, 2.24) is 0 Å². The summed E-state index contributed by atoms with van der Waals surface area (Å²) in [5.41, 5.74) is 1.30. The highest BCUT2D eigenvalue weighted by molar-refractivity contribution is 8.01. The number of rotatable bonds is 3. The maximum Gasteiger partial charge on any atom is 0.0982 e. The molecule has 3 heteroatoms. The fraction of sp³-hybridized carbons (Fsp3) is 0.889. The molecular formula is C9H17NOS. The van der Waals surface area contributed by atoms with Gasteiger partial charge in [0.15, 0.2) is 0 Å². The lowest BCUT2D eigenvalue weighted by atomic mass is 10.2. The van der Waals surface area contributed by atoms with Gasteiger partial charge in [0, 0.05) is 17.4 Å². The van der Waals surface area contributed by atoms with Crippen molar-refractivity contribution < 1.29 is 5.11 Å². The van der Waals surface area contributed by atoms with Crippen molar-refractivity contribution in [2.24, 2.45) is 4.99 Å². The number of aliphatic hydroxyl groups is 1. The number of hydrogen-bond acceptors (Lipinski definition) is 3. The van der Waals surface area contributed by atoms with Gasteiger partial charge in [-0.3, -0.25) is 4.99 Å². The second kappa shape index (κ2) is 4.28. The van der Waals surface area contributed by atoms with E-state index in [0.29, 0.717) is 10.6 Å². The summed E-state index contributed by atoms with van der Waals surface area (Å²) in [4.78, 5) is 4.55. The Morgan fingerprint density at radius 1 is 1.67 bits per heavy atom. The van der Waals surface area contributed by atoms with Gasteiger partial charge >= 0.3 is 0 Å². The normalized spacial score (nSPS) is 31.8. The van der Waals surface area contributed by atoms with Gasteiger partial charge in [-0.2, -0.15) is 0 Å². The van der Waals surface area contributed by atoms with E-state index in [0.717, 1.165) is 12.8 Å². The van der Waals surface area contributed by atoms with Gasteiger partial charge in [-0.25, -0.2) is 0 Å². The summed E-state index contributed by atoms with van der Waals surface area (Å²) >= 11 is 1.86. The van der Waals surface area contributed by atoms with Crippen LogP contribution in [0.1, 0.15) is 33.6 Å². The summed E-state index contributed by atoms with van der Waals surface area (Å²) in [5.74, 6) is 0. The summed E-state index contributed by atoms with van der Waals surface area (Å²) in [6.07, 6.45) is 1.61. The molecule has 0 aliphatic carbocycles. The molecule has 0 aromatic carbocycles. The molecule has 0 spiro atoms. The van der Waals surface area contributed by atoms with E-state index in [1.807, 2.05) is 18.7 Å². The first-order chi connectivity index (χ1) is 5.63. The summed E-state index contributed by atoms with van der Waals surface area (Å²) in [6, 6.07) is 0. The van der Waals surface area contributed by atoms with Crippen LogP contribution in [0.25, 0.3) is 0 Å². The van der Waals surface area contributed by atoms with E-state index in [4.69, 9.17) is 0 Å². The third-order valence-corrected chi connectivity index (χ3v) is 3.34. The molecule has 1 heterocycles. The molecule has 0 bridgehead atoms. The largest absolute Gasteiger partial charge is 0.393 e. The van der Waals surface area contributed by atoms with Crippen LogP contribution in [0.5, 0.6) is 0 Å². The Morgan fingerprint density at radius 2 is 2.33 bits per heavy atom. The van der Waals surface area contributed by atoms with Crippen molar-refractivity contribution in [2.75, 3.05) is 0 Å². The fourth-order valence-corrected chi connectivity index (χ4v) is 2.86. The number of aliphatic hydroxyl groups excluding tert-OH is 1. The fourth-order valence-electron chi connectivity index (χ4n) is 1.41. The third-order valence-electron chi connectivity index (χ3n) is 2.05. The Morgan fingerprint density at radius 3 is 2.75 bits per heavy atom. The minimum atomic E-state index is -0.227. The summed E-state index contributed by atoms with van der Waals surface area (Å²) in [7, 11) is 0. The molecule has 0 radical (unpaired) electrons. The maximum absolute atomic E-state index is 9.18. The van der Waals surface area contributed by atoms with Crippen LogP contribution in [-0.2, 0) is 0 Å². The van der Waals surface area contributed by atoms with Gasteiger partial charge in [0.1, 0.15) is 0 Å². The third kappa shape index (κ3) is 2.49. The van der Waals surface area contributed by atoms with Crippen LogP contribution in [0.4, 0.5) is 0 Å². The van der Waals surface area contributed by atoms with Crippen molar-refractivity contribution in [1.29, 1.82) is 0 Å². The predicted octanol–water partition coefficient (Wildman–Crippen LogP) is 2.07. The van der Waals surface area contributed by atoms with Crippen molar-refractivity contribution >= 4 is 17.5 Å². The van der Waals surface area contributed by atoms with E-state index in [2.05, 4.69) is 18.8 Å². The molecule has 0 saturated carbocycles. The predicted molar refractivity (Wildman–Crippen MR) is 54.9 cm³/mol. The smallest absolute Gasteiger partial charge is 0.0982 e. The Balaban J connectivity index is 2.46. The molecule has 0 fully saturated rings. The lowest BCUT2D eigenvalue weighted by Gasteiger charge is -2.08. The van der Waals surface area contributed by atoms with E-state index >= 15 is 0 Å². The Labute approximate surface area is 78.5 Å². The Kier molecular flexibility index (Phi) is 3.59. The molecule has 1 aliphatic rings. The number of aliphatic imine (C=N–C) groups is 1. The van der Waals surface area contributed by atoms with E-state index in [1.165, 1.54) is 5.71 Å². The number of hydrogen-bond donors (Lipinski definition) is 1. The molecule has 3 unspecified atom stereocenters. The van der Waals surface area contributed by atoms with E-state index in [-0.39, 0.29) is 6.10 Å². The highest BCUT2D eigenvalue weighted by Gasteiger charge is 2.24. The first kappa shape index (κ1) is 10.1. The van der Waals surface area contributed by atoms with Crippen LogP contribution in [0.15, 0.2) is 4.99 Å². The van der Waals surface area contributed by atoms with Crippen LogP contribution < -0.4 is 0 Å². The molecule has 1 aliphatic heterocycles. The van der Waals surface area contributed by atoms with E-state index in [1.54, 1.807) is 0 Å². The monoisotopic (exact) mass is 187 g/mol. The van der Waals surface area contributed by atoms with Crippen molar-refractivity contribution in [3.8, 4) is 0 Å². The van der Waals surface area contributed by atoms with E-state index < -0.39 is 0 Å². The van der Waals surface area contributed by atoms with Crippen molar-refractivity contribution in [3.05, 3.63) is 0 Å². The van der Waals surface area contributed by atoms with Crippen molar-refractivity contribution in [3.63, 3.8) is 0 Å². The highest BCUT2D eigenvalue weighted by Crippen LogP contribution is 2.31. The van der Waals surface area contributed by atoms with Gasteiger partial charge in [-0.05, 0) is 20.3 Å². The van der Waals surface area contributed by atoms with Crippen LogP contribution in [0.3, 0.4) is 0 Å². The first-order valence-corrected chi connectivity index (χ1v) is 5.47. The van der Waals surface area contributed by atoms with E-state index in [9.17, 15) is 5.11 Å². The van der Waals surface area contributed by atoms with Crippen LogP contribution in [0.2, 0.25) is 0 Å². The minimum Gasteiger partial charge on any atom is -0.393 e. The zero-order valence-corrected chi connectivity index (χ0v) is 8.77. The molecule has 12 heavy (non-hydrogen) atoms. The van der Waals surface area contributed by atoms with Crippen LogP contribution in [-0.4, -0.2) is 27.5 Å². The first-order valence-electron chi connectivity index (χ1n) is 4.53. The average molecular weight is 187 g/mol. The van der Waals surface area contributed by atoms with Gasteiger partial charge < -0.3 is 5.11 Å².